The minimum Gasteiger partial charge on any atom is -0.307 e. The topological polar surface area (TPSA) is 72.3 Å². The fourth-order valence-corrected chi connectivity index (χ4v) is 11.1. The molecule has 0 bridgehead atoms. The van der Waals surface area contributed by atoms with Crippen molar-refractivity contribution in [3.8, 4) is 50.8 Å². The van der Waals surface area contributed by atoms with Crippen LogP contribution in [0.2, 0.25) is 0 Å². The second kappa shape index (κ2) is 13.0. The Kier molecular flexibility index (Phi) is 7.08. The number of fused-ring (bicyclic) bond motifs is 6. The Labute approximate surface area is 365 Å². The lowest BCUT2D eigenvalue weighted by molar-refractivity contribution is 1.10. The van der Waals surface area contributed by atoms with Crippen molar-refractivity contribution >= 4 is 87.0 Å². The Bertz CT molecular complexity index is 3820. The monoisotopic (exact) mass is 812 g/mol. The van der Waals surface area contributed by atoms with Crippen LogP contribution in [-0.4, -0.2) is 24.1 Å². The zero-order chi connectivity index (χ0) is 42.0. The Morgan fingerprint density at radius 2 is 0.859 bits per heavy atom. The van der Waals surface area contributed by atoms with Crippen LogP contribution in [-0.2, 0) is 0 Å². The maximum atomic E-state index is 12.3. The van der Waals surface area contributed by atoms with Crippen LogP contribution in [0.15, 0.2) is 195 Å². The number of hydrogen-bond donors (Lipinski definition) is 0. The van der Waals surface area contributed by atoms with Crippen molar-refractivity contribution < 1.29 is 0 Å². The number of nitrogens with zero attached hydrogens (tertiary/aromatic N) is 6. The third-order valence-electron chi connectivity index (χ3n) is 13.5. The van der Waals surface area contributed by atoms with E-state index in [4.69, 9.17) is 9.97 Å². The molecule has 14 aromatic rings. The summed E-state index contributed by atoms with van der Waals surface area (Å²) in [5, 5.41) is 24.5. The summed E-state index contributed by atoms with van der Waals surface area (Å²) in [7, 11) is 0. The van der Waals surface area contributed by atoms with Gasteiger partial charge in [0.05, 0.1) is 33.4 Å². The van der Waals surface area contributed by atoms with Gasteiger partial charge in [-0.15, -0.1) is 0 Å². The SMILES string of the molecule is N#Cc1c(-n2c3cccc4c5cncnc5c5cccc2c5c43)c(-c2ccccc2)c(-c2ccccc2)c(-c2ccccc2)c1-n1c2cccc3c4ccccc4c4ccnc1c4c32. The van der Waals surface area contributed by atoms with Crippen LogP contribution in [0.5, 0.6) is 0 Å². The Morgan fingerprint density at radius 1 is 0.391 bits per heavy atom. The van der Waals surface area contributed by atoms with Crippen molar-refractivity contribution in [2.24, 2.45) is 0 Å². The van der Waals surface area contributed by atoms with Crippen molar-refractivity contribution in [2.45, 2.75) is 0 Å². The molecule has 0 radical (unpaired) electrons. The van der Waals surface area contributed by atoms with Crippen molar-refractivity contribution in [1.29, 1.82) is 5.26 Å². The lowest BCUT2D eigenvalue weighted by Gasteiger charge is -2.27. The second-order valence-electron chi connectivity index (χ2n) is 16.6. The Morgan fingerprint density at radius 3 is 1.47 bits per heavy atom. The largest absolute Gasteiger partial charge is 0.307 e. The minimum atomic E-state index is 0.539. The summed E-state index contributed by atoms with van der Waals surface area (Å²) in [5.41, 5.74) is 12.8. The summed E-state index contributed by atoms with van der Waals surface area (Å²) in [5.74, 6) is 0. The molecule has 0 aliphatic heterocycles. The molecule has 0 atom stereocenters. The van der Waals surface area contributed by atoms with E-state index >= 15 is 0 Å². The first-order valence-corrected chi connectivity index (χ1v) is 21.5. The van der Waals surface area contributed by atoms with E-state index in [0.717, 1.165) is 121 Å². The highest BCUT2D eigenvalue weighted by Gasteiger charge is 2.33. The number of aromatic nitrogens is 5. The Hall–Kier alpha value is -8.92. The number of hydrogen-bond acceptors (Lipinski definition) is 4. The molecule has 0 saturated carbocycles. The predicted molar refractivity (Wildman–Crippen MR) is 262 cm³/mol. The van der Waals surface area contributed by atoms with E-state index in [0.29, 0.717) is 5.56 Å². The second-order valence-corrected chi connectivity index (χ2v) is 16.6. The van der Waals surface area contributed by atoms with Gasteiger partial charge in [-0.3, -0.25) is 4.57 Å². The highest BCUT2D eigenvalue weighted by Crippen LogP contribution is 2.54. The van der Waals surface area contributed by atoms with Crippen LogP contribution in [0.1, 0.15) is 5.56 Å². The zero-order valence-electron chi connectivity index (χ0n) is 34.2. The number of nitriles is 1. The standard InChI is InChI=1S/C58H32N6/c59-31-43-56(63-45-26-13-24-40-44-32-60-33-62-55(44)42-25-14-27-46(63)53(42)51(40)45)49(35-17-6-2-7-18-35)48(34-15-4-1-5-16-34)50(36-19-8-3-9-20-36)57(43)64-47-28-12-23-39-37-21-10-11-22-38(37)41-29-30-61-58(64)54(41)52(39)47/h1-30,32-33H. The average molecular weight is 813 g/mol. The Balaban J connectivity index is 1.30. The van der Waals surface area contributed by atoms with Gasteiger partial charge in [0, 0.05) is 61.4 Å². The summed E-state index contributed by atoms with van der Waals surface area (Å²) in [4.78, 5) is 14.6. The number of pyridine rings is 1. The van der Waals surface area contributed by atoms with Crippen molar-refractivity contribution in [3.63, 3.8) is 0 Å². The molecule has 0 unspecified atom stereocenters. The summed E-state index contributed by atoms with van der Waals surface area (Å²) >= 11 is 0. The maximum absolute atomic E-state index is 12.3. The first-order chi connectivity index (χ1) is 31.8. The lowest BCUT2D eigenvalue weighted by atomic mass is 9.82. The molecule has 64 heavy (non-hydrogen) atoms. The summed E-state index contributed by atoms with van der Waals surface area (Å²) < 4.78 is 4.65. The van der Waals surface area contributed by atoms with Crippen LogP contribution in [0.4, 0.5) is 0 Å². The van der Waals surface area contributed by atoms with Gasteiger partial charge in [0.25, 0.3) is 0 Å². The molecule has 6 nitrogen and oxygen atoms in total. The smallest absolute Gasteiger partial charge is 0.146 e. The molecule has 294 valence electrons. The van der Waals surface area contributed by atoms with Gasteiger partial charge in [0.2, 0.25) is 0 Å². The van der Waals surface area contributed by atoms with Gasteiger partial charge >= 0.3 is 0 Å². The van der Waals surface area contributed by atoms with E-state index in [9.17, 15) is 5.26 Å². The first-order valence-electron chi connectivity index (χ1n) is 21.5. The van der Waals surface area contributed by atoms with E-state index in [1.807, 2.05) is 12.4 Å². The van der Waals surface area contributed by atoms with Gasteiger partial charge in [-0.2, -0.15) is 5.26 Å². The maximum Gasteiger partial charge on any atom is 0.146 e. The van der Waals surface area contributed by atoms with Crippen molar-refractivity contribution in [2.75, 3.05) is 0 Å². The fourth-order valence-electron chi connectivity index (χ4n) is 11.1. The van der Waals surface area contributed by atoms with Gasteiger partial charge in [0.15, 0.2) is 0 Å². The molecule has 0 aliphatic carbocycles. The normalized spacial score (nSPS) is 12.0. The molecule has 0 N–H and O–H groups in total. The van der Waals surface area contributed by atoms with Gasteiger partial charge in [-0.05, 0) is 67.9 Å². The molecule has 0 fully saturated rings. The van der Waals surface area contributed by atoms with Gasteiger partial charge in [0.1, 0.15) is 23.6 Å². The third-order valence-corrected chi connectivity index (χ3v) is 13.5. The van der Waals surface area contributed by atoms with E-state index in [1.165, 1.54) is 10.8 Å². The van der Waals surface area contributed by atoms with Crippen LogP contribution in [0, 0.1) is 11.3 Å². The summed E-state index contributed by atoms with van der Waals surface area (Å²) in [6.07, 6.45) is 5.48. The molecule has 14 rings (SSSR count). The minimum absolute atomic E-state index is 0.539. The van der Waals surface area contributed by atoms with E-state index in [1.54, 1.807) is 6.33 Å². The van der Waals surface area contributed by atoms with Gasteiger partial charge < -0.3 is 4.57 Å². The molecule has 0 aliphatic rings. The summed E-state index contributed by atoms with van der Waals surface area (Å²) in [6.45, 7) is 0. The highest BCUT2D eigenvalue weighted by molar-refractivity contribution is 6.35. The molecule has 0 saturated heterocycles. The summed E-state index contributed by atoms with van der Waals surface area (Å²) in [6, 6.07) is 65.1. The van der Waals surface area contributed by atoms with Gasteiger partial charge in [-0.25, -0.2) is 15.0 Å². The molecule has 0 spiro atoms. The van der Waals surface area contributed by atoms with Crippen molar-refractivity contribution in [1.82, 2.24) is 24.1 Å². The lowest BCUT2D eigenvalue weighted by Crippen LogP contribution is -2.11. The number of benzene rings is 10. The van der Waals surface area contributed by atoms with E-state index < -0.39 is 0 Å². The van der Waals surface area contributed by atoms with E-state index in [-0.39, 0.29) is 0 Å². The van der Waals surface area contributed by atoms with Gasteiger partial charge in [-0.1, -0.05) is 152 Å². The highest BCUT2D eigenvalue weighted by atomic mass is 15.1. The van der Waals surface area contributed by atoms with Crippen LogP contribution >= 0.6 is 0 Å². The van der Waals surface area contributed by atoms with Crippen LogP contribution < -0.4 is 0 Å². The average Bonchev–Trinajstić information content (AvgIpc) is 3.89. The molecular weight excluding hydrogens is 781 g/mol. The molecule has 4 aromatic heterocycles. The first kappa shape index (κ1) is 34.8. The quantitative estimate of drug-likeness (QED) is 0.162. The molecule has 6 heteroatoms. The number of rotatable bonds is 5. The third kappa shape index (κ3) is 4.49. The fraction of sp³-hybridized carbons (Fsp3) is 0. The zero-order valence-corrected chi connectivity index (χ0v) is 34.2. The van der Waals surface area contributed by atoms with Crippen molar-refractivity contribution in [3.05, 3.63) is 200 Å². The van der Waals surface area contributed by atoms with Crippen LogP contribution in [0.3, 0.4) is 0 Å². The van der Waals surface area contributed by atoms with Crippen LogP contribution in [0.25, 0.3) is 132 Å². The molecule has 4 heterocycles. The molecule has 0 amide bonds. The van der Waals surface area contributed by atoms with E-state index in [2.05, 4.69) is 196 Å². The predicted octanol–water partition coefficient (Wildman–Crippen LogP) is 14.4. The molecular formula is C58H32N6. The molecule has 10 aromatic carbocycles.